The van der Waals surface area contributed by atoms with Crippen LogP contribution in [0.3, 0.4) is 0 Å². The van der Waals surface area contributed by atoms with Crippen LogP contribution >= 0.6 is 0 Å². The minimum atomic E-state index is -0.652. The molecule has 3 rings (SSSR count). The Hall–Kier alpha value is -3.09. The average Bonchev–Trinajstić information content (AvgIpc) is 2.91. The van der Waals surface area contributed by atoms with Crippen LogP contribution in [0.15, 0.2) is 43.1 Å². The summed E-state index contributed by atoms with van der Waals surface area (Å²) in [4.78, 5) is 25.1. The Morgan fingerprint density at radius 1 is 1.46 bits per heavy atom. The Morgan fingerprint density at radius 2 is 2.23 bits per heavy atom. The van der Waals surface area contributed by atoms with Crippen LogP contribution < -0.4 is 16.0 Å². The van der Waals surface area contributed by atoms with Crippen molar-refractivity contribution in [3.63, 3.8) is 0 Å². The van der Waals surface area contributed by atoms with Crippen molar-refractivity contribution in [3.8, 4) is 0 Å². The predicted molar refractivity (Wildman–Crippen MR) is 101 cm³/mol. The van der Waals surface area contributed by atoms with Gasteiger partial charge in [0.05, 0.1) is 18.8 Å². The summed E-state index contributed by atoms with van der Waals surface area (Å²) in [5, 5.41) is 7.03. The number of nitrogens with two attached hydrogens (primary N) is 1. The highest BCUT2D eigenvalue weighted by molar-refractivity contribution is 6.01. The summed E-state index contributed by atoms with van der Waals surface area (Å²) in [6, 6.07) is 6.80. The average molecular weight is 353 g/mol. The van der Waals surface area contributed by atoms with Crippen LogP contribution in [-0.2, 0) is 11.3 Å². The van der Waals surface area contributed by atoms with Crippen LogP contribution in [0, 0.1) is 6.92 Å². The Bertz CT molecular complexity index is 838. The minimum absolute atomic E-state index is 0.225. The first kappa shape index (κ1) is 17.7. The summed E-state index contributed by atoms with van der Waals surface area (Å²) in [5.41, 5.74) is 8.41. The van der Waals surface area contributed by atoms with E-state index in [0.717, 1.165) is 24.1 Å². The smallest absolute Gasteiger partial charge is 0.316 e. The van der Waals surface area contributed by atoms with Crippen molar-refractivity contribution in [3.05, 3.63) is 54.4 Å². The van der Waals surface area contributed by atoms with Crippen LogP contribution in [0.5, 0.6) is 0 Å². The number of primary amides is 1. The molecule has 2 aromatic rings. The van der Waals surface area contributed by atoms with Crippen molar-refractivity contribution in [2.45, 2.75) is 38.8 Å². The van der Waals surface area contributed by atoms with Crippen molar-refractivity contribution in [2.75, 3.05) is 10.2 Å². The van der Waals surface area contributed by atoms with Gasteiger partial charge in [0.2, 0.25) is 0 Å². The molecule has 0 bridgehead atoms. The summed E-state index contributed by atoms with van der Waals surface area (Å²) in [6.45, 7) is 6.00. The number of carbonyl (C=O) groups excluding carboxylic acids is 2. The molecule has 1 aromatic heterocycles. The molecule has 7 heteroatoms. The maximum atomic E-state index is 12.4. The molecule has 136 valence electrons. The van der Waals surface area contributed by atoms with Gasteiger partial charge < -0.3 is 16.0 Å². The summed E-state index contributed by atoms with van der Waals surface area (Å²) >= 11 is 0. The maximum absolute atomic E-state index is 12.4. The van der Waals surface area contributed by atoms with Gasteiger partial charge in [0.25, 0.3) is 5.91 Å². The van der Waals surface area contributed by atoms with Gasteiger partial charge in [0.1, 0.15) is 0 Å². The lowest BCUT2D eigenvalue weighted by Crippen LogP contribution is -2.29. The first-order valence-corrected chi connectivity index (χ1v) is 8.63. The number of aromatic nitrogens is 2. The fourth-order valence-corrected chi connectivity index (χ4v) is 3.08. The molecule has 1 aliphatic rings. The van der Waals surface area contributed by atoms with E-state index in [4.69, 9.17) is 5.73 Å². The lowest BCUT2D eigenvalue weighted by molar-refractivity contribution is -0.114. The summed E-state index contributed by atoms with van der Waals surface area (Å²) in [5.74, 6) is -0.225. The number of nitrogens with one attached hydrogen (secondary N) is 1. The third-order valence-electron chi connectivity index (χ3n) is 4.76. The monoisotopic (exact) mass is 353 g/mol. The quantitative estimate of drug-likeness (QED) is 0.781. The predicted octanol–water partition coefficient (Wildman–Crippen LogP) is 3.13. The summed E-state index contributed by atoms with van der Waals surface area (Å²) in [6.07, 6.45) is 6.64. The van der Waals surface area contributed by atoms with Gasteiger partial charge in [-0.25, -0.2) is 4.79 Å². The molecular formula is C19H23N5O2. The molecule has 26 heavy (non-hydrogen) atoms. The molecule has 1 aromatic carbocycles. The SMILES string of the molecule is C=CC(=O)N(Cc1cnn(C2CCC2)c1C)c1cccc(NC(N)=O)c1. The Kier molecular flexibility index (Phi) is 5.06. The molecule has 3 N–H and O–H groups in total. The zero-order chi connectivity index (χ0) is 18.7. The second-order valence-electron chi connectivity index (χ2n) is 6.45. The molecule has 0 unspecified atom stereocenters. The summed E-state index contributed by atoms with van der Waals surface area (Å²) in [7, 11) is 0. The van der Waals surface area contributed by atoms with Crippen molar-refractivity contribution in [2.24, 2.45) is 5.73 Å². The third kappa shape index (κ3) is 3.61. The first-order chi connectivity index (χ1) is 12.5. The van der Waals surface area contributed by atoms with Crippen LogP contribution in [0.2, 0.25) is 0 Å². The number of amides is 3. The Balaban J connectivity index is 1.87. The zero-order valence-corrected chi connectivity index (χ0v) is 14.8. The van der Waals surface area contributed by atoms with Crippen molar-refractivity contribution < 1.29 is 9.59 Å². The molecule has 0 atom stereocenters. The fraction of sp³-hybridized carbons (Fsp3) is 0.316. The van der Waals surface area contributed by atoms with Gasteiger partial charge in [0.15, 0.2) is 0 Å². The minimum Gasteiger partial charge on any atom is -0.351 e. The van der Waals surface area contributed by atoms with E-state index in [1.807, 2.05) is 13.1 Å². The Labute approximate surface area is 152 Å². The first-order valence-electron chi connectivity index (χ1n) is 8.63. The molecule has 1 saturated carbocycles. The number of urea groups is 1. The van der Waals surface area contributed by atoms with Crippen LogP contribution in [-0.4, -0.2) is 21.7 Å². The molecule has 1 fully saturated rings. The normalized spacial score (nSPS) is 13.7. The van der Waals surface area contributed by atoms with Crippen molar-refractivity contribution >= 4 is 23.3 Å². The van der Waals surface area contributed by atoms with Gasteiger partial charge in [-0.3, -0.25) is 9.48 Å². The standard InChI is InChI=1S/C19H23N5O2/c1-3-18(25)23(17-9-4-6-15(10-17)22-19(20)26)12-14-11-21-24(13(14)2)16-7-5-8-16/h3-4,6,9-11,16H,1,5,7-8,12H2,2H3,(H3,20,22,26). The molecular weight excluding hydrogens is 330 g/mol. The highest BCUT2D eigenvalue weighted by atomic mass is 16.2. The fourth-order valence-electron chi connectivity index (χ4n) is 3.08. The number of anilines is 2. The maximum Gasteiger partial charge on any atom is 0.316 e. The molecule has 0 spiro atoms. The molecule has 1 aliphatic carbocycles. The lowest BCUT2D eigenvalue weighted by Gasteiger charge is -2.27. The van der Waals surface area contributed by atoms with E-state index >= 15 is 0 Å². The van der Waals surface area contributed by atoms with Crippen molar-refractivity contribution in [1.82, 2.24) is 9.78 Å². The lowest BCUT2D eigenvalue weighted by atomic mass is 9.93. The number of hydrogen-bond acceptors (Lipinski definition) is 3. The van der Waals surface area contributed by atoms with Gasteiger partial charge in [-0.2, -0.15) is 5.10 Å². The van der Waals surface area contributed by atoms with E-state index in [-0.39, 0.29) is 5.91 Å². The topological polar surface area (TPSA) is 93.2 Å². The van der Waals surface area contributed by atoms with E-state index in [1.165, 1.54) is 12.5 Å². The van der Waals surface area contributed by atoms with Crippen LogP contribution in [0.25, 0.3) is 0 Å². The van der Waals surface area contributed by atoms with Gasteiger partial charge in [-0.15, -0.1) is 0 Å². The molecule has 0 aliphatic heterocycles. The number of carbonyl (C=O) groups is 2. The second kappa shape index (κ2) is 7.43. The van der Waals surface area contributed by atoms with Crippen molar-refractivity contribution in [1.29, 1.82) is 0 Å². The Morgan fingerprint density at radius 3 is 2.85 bits per heavy atom. The van der Waals surface area contributed by atoms with E-state index in [2.05, 4.69) is 21.7 Å². The van der Waals surface area contributed by atoms with E-state index in [1.54, 1.807) is 29.2 Å². The van der Waals surface area contributed by atoms with Gasteiger partial charge >= 0.3 is 6.03 Å². The highest BCUT2D eigenvalue weighted by Gasteiger charge is 2.24. The molecule has 0 saturated heterocycles. The van der Waals surface area contributed by atoms with Gasteiger partial charge in [-0.1, -0.05) is 12.6 Å². The van der Waals surface area contributed by atoms with E-state index in [0.29, 0.717) is 24.0 Å². The van der Waals surface area contributed by atoms with Gasteiger partial charge in [-0.05, 0) is 50.5 Å². The molecule has 7 nitrogen and oxygen atoms in total. The molecule has 0 radical (unpaired) electrons. The van der Waals surface area contributed by atoms with E-state index < -0.39 is 6.03 Å². The zero-order valence-electron chi connectivity index (χ0n) is 14.8. The number of nitrogens with zero attached hydrogens (tertiary/aromatic N) is 3. The highest BCUT2D eigenvalue weighted by Crippen LogP contribution is 2.33. The second-order valence-corrected chi connectivity index (χ2v) is 6.45. The third-order valence-corrected chi connectivity index (χ3v) is 4.76. The largest absolute Gasteiger partial charge is 0.351 e. The number of rotatable bonds is 6. The summed E-state index contributed by atoms with van der Waals surface area (Å²) < 4.78 is 2.06. The van der Waals surface area contributed by atoms with E-state index in [9.17, 15) is 9.59 Å². The molecule has 1 heterocycles. The van der Waals surface area contributed by atoms with Crippen LogP contribution in [0.4, 0.5) is 16.2 Å². The van der Waals surface area contributed by atoms with Gasteiger partial charge in [0, 0.05) is 22.6 Å². The van der Waals surface area contributed by atoms with Crippen LogP contribution in [0.1, 0.15) is 36.6 Å². The number of benzene rings is 1. The number of hydrogen-bond donors (Lipinski definition) is 2. The molecule has 3 amide bonds.